The number of nitrogens with zero attached hydrogens (tertiary/aromatic N) is 1. The third kappa shape index (κ3) is 1.11. The Labute approximate surface area is 65.2 Å². The van der Waals surface area contributed by atoms with Crippen LogP contribution >= 0.6 is 0 Å². The molecule has 2 nitrogen and oxygen atoms in total. The quantitative estimate of drug-likeness (QED) is 0.561. The van der Waals surface area contributed by atoms with Crippen molar-refractivity contribution in [3.8, 4) is 0 Å². The van der Waals surface area contributed by atoms with Crippen LogP contribution in [-0.2, 0) is 6.42 Å². The van der Waals surface area contributed by atoms with E-state index in [0.29, 0.717) is 0 Å². The van der Waals surface area contributed by atoms with Gasteiger partial charge in [-0.2, -0.15) is 0 Å². The molecule has 0 spiro atoms. The topological polar surface area (TPSA) is 26.0 Å². The van der Waals surface area contributed by atoms with Crippen molar-refractivity contribution in [2.75, 3.05) is 0 Å². The van der Waals surface area contributed by atoms with E-state index in [0.717, 1.165) is 23.8 Å². The van der Waals surface area contributed by atoms with Crippen LogP contribution in [0.25, 0.3) is 6.08 Å². The fourth-order valence-corrected chi connectivity index (χ4v) is 1.16. The SMILES string of the molecule is Cc1nc2c(o1)CC=CC=C2. The Kier molecular flexibility index (Phi) is 1.39. The van der Waals surface area contributed by atoms with Gasteiger partial charge in [-0.05, 0) is 6.08 Å². The van der Waals surface area contributed by atoms with Gasteiger partial charge < -0.3 is 4.42 Å². The molecule has 0 fully saturated rings. The van der Waals surface area contributed by atoms with Crippen molar-refractivity contribution in [3.05, 3.63) is 35.6 Å². The van der Waals surface area contributed by atoms with Gasteiger partial charge in [0.05, 0.1) is 0 Å². The molecule has 0 bridgehead atoms. The van der Waals surface area contributed by atoms with E-state index in [4.69, 9.17) is 4.42 Å². The Morgan fingerprint density at radius 3 is 3.27 bits per heavy atom. The molecule has 0 amide bonds. The second-order valence-electron chi connectivity index (χ2n) is 2.53. The van der Waals surface area contributed by atoms with Crippen molar-refractivity contribution < 1.29 is 4.42 Å². The molecule has 0 unspecified atom stereocenters. The Bertz CT molecular complexity index is 320. The Morgan fingerprint density at radius 1 is 1.45 bits per heavy atom. The lowest BCUT2D eigenvalue weighted by Gasteiger charge is -1.86. The third-order valence-corrected chi connectivity index (χ3v) is 1.64. The second-order valence-corrected chi connectivity index (χ2v) is 2.53. The summed E-state index contributed by atoms with van der Waals surface area (Å²) in [6, 6.07) is 0. The van der Waals surface area contributed by atoms with E-state index in [2.05, 4.69) is 11.1 Å². The highest BCUT2D eigenvalue weighted by atomic mass is 16.4. The highest BCUT2D eigenvalue weighted by molar-refractivity contribution is 5.51. The van der Waals surface area contributed by atoms with Gasteiger partial charge in [-0.25, -0.2) is 4.98 Å². The number of allylic oxidation sites excluding steroid dienone is 3. The second kappa shape index (κ2) is 2.38. The largest absolute Gasteiger partial charge is 0.445 e. The van der Waals surface area contributed by atoms with Gasteiger partial charge in [0.25, 0.3) is 0 Å². The monoisotopic (exact) mass is 147 g/mol. The van der Waals surface area contributed by atoms with Gasteiger partial charge >= 0.3 is 0 Å². The zero-order valence-electron chi connectivity index (χ0n) is 6.37. The van der Waals surface area contributed by atoms with Crippen LogP contribution in [0.2, 0.25) is 0 Å². The number of aryl methyl sites for hydroxylation is 1. The van der Waals surface area contributed by atoms with Crippen LogP contribution in [0.5, 0.6) is 0 Å². The first kappa shape index (κ1) is 6.40. The Balaban J connectivity index is 2.51. The first-order chi connectivity index (χ1) is 5.36. The van der Waals surface area contributed by atoms with Crippen molar-refractivity contribution in [1.82, 2.24) is 4.98 Å². The van der Waals surface area contributed by atoms with Gasteiger partial charge in [0.2, 0.25) is 0 Å². The summed E-state index contributed by atoms with van der Waals surface area (Å²) in [5.41, 5.74) is 0.965. The average Bonchev–Trinajstić information content (AvgIpc) is 2.17. The lowest BCUT2D eigenvalue weighted by molar-refractivity contribution is 0.485. The van der Waals surface area contributed by atoms with Crippen molar-refractivity contribution in [1.29, 1.82) is 0 Å². The van der Waals surface area contributed by atoms with Crippen LogP contribution < -0.4 is 0 Å². The van der Waals surface area contributed by atoms with Gasteiger partial charge in [-0.15, -0.1) is 0 Å². The fraction of sp³-hybridized carbons (Fsp3) is 0.222. The summed E-state index contributed by atoms with van der Waals surface area (Å²) in [7, 11) is 0. The fourth-order valence-electron chi connectivity index (χ4n) is 1.16. The van der Waals surface area contributed by atoms with E-state index in [1.54, 1.807) is 0 Å². The molecular weight excluding hydrogens is 138 g/mol. The molecule has 0 aromatic carbocycles. The van der Waals surface area contributed by atoms with E-state index in [-0.39, 0.29) is 0 Å². The molecule has 2 rings (SSSR count). The molecule has 0 N–H and O–H groups in total. The lowest BCUT2D eigenvalue weighted by atomic mass is 10.3. The molecule has 0 atom stereocenters. The molecule has 56 valence electrons. The first-order valence-electron chi connectivity index (χ1n) is 3.66. The molecule has 0 radical (unpaired) electrons. The lowest BCUT2D eigenvalue weighted by Crippen LogP contribution is -1.78. The zero-order chi connectivity index (χ0) is 7.68. The summed E-state index contributed by atoms with van der Waals surface area (Å²) < 4.78 is 5.37. The summed E-state index contributed by atoms with van der Waals surface area (Å²) in [6.45, 7) is 1.87. The van der Waals surface area contributed by atoms with Crippen LogP contribution in [0.1, 0.15) is 17.3 Å². The summed E-state index contributed by atoms with van der Waals surface area (Å²) in [5.74, 6) is 1.71. The predicted molar refractivity (Wildman–Crippen MR) is 43.1 cm³/mol. The molecule has 0 saturated heterocycles. The maximum Gasteiger partial charge on any atom is 0.191 e. The molecule has 2 heteroatoms. The summed E-state index contributed by atoms with van der Waals surface area (Å²) >= 11 is 0. The minimum atomic E-state index is 0.745. The van der Waals surface area contributed by atoms with Crippen molar-refractivity contribution in [2.24, 2.45) is 0 Å². The number of rotatable bonds is 0. The number of oxazole rings is 1. The van der Waals surface area contributed by atoms with E-state index in [1.807, 2.05) is 25.2 Å². The molecule has 1 aliphatic carbocycles. The Morgan fingerprint density at radius 2 is 2.36 bits per heavy atom. The first-order valence-corrected chi connectivity index (χ1v) is 3.66. The number of hydrogen-bond acceptors (Lipinski definition) is 2. The standard InChI is InChI=1S/C9H9NO/c1-7-10-8-5-3-2-4-6-9(8)11-7/h2-5H,6H2,1H3. The van der Waals surface area contributed by atoms with Crippen molar-refractivity contribution >= 4 is 6.08 Å². The minimum absolute atomic E-state index is 0.745. The van der Waals surface area contributed by atoms with Crippen LogP contribution in [-0.4, -0.2) is 4.98 Å². The Hall–Kier alpha value is -1.31. The van der Waals surface area contributed by atoms with Crippen molar-refractivity contribution in [2.45, 2.75) is 13.3 Å². The summed E-state index contributed by atoms with van der Waals surface area (Å²) in [4.78, 5) is 4.22. The summed E-state index contributed by atoms with van der Waals surface area (Å²) in [5, 5.41) is 0. The third-order valence-electron chi connectivity index (χ3n) is 1.64. The molecule has 11 heavy (non-hydrogen) atoms. The normalized spacial score (nSPS) is 14.6. The molecular formula is C9H9NO. The van der Waals surface area contributed by atoms with Crippen LogP contribution in [0.3, 0.4) is 0 Å². The number of aromatic nitrogens is 1. The van der Waals surface area contributed by atoms with Gasteiger partial charge in [-0.1, -0.05) is 18.2 Å². The van der Waals surface area contributed by atoms with Crippen LogP contribution in [0.15, 0.2) is 22.6 Å². The maximum atomic E-state index is 5.37. The van der Waals surface area contributed by atoms with Crippen LogP contribution in [0, 0.1) is 6.92 Å². The molecule has 1 aromatic heterocycles. The van der Waals surface area contributed by atoms with E-state index in [9.17, 15) is 0 Å². The molecule has 1 aliphatic rings. The number of hydrogen-bond donors (Lipinski definition) is 0. The molecule has 1 heterocycles. The predicted octanol–water partition coefficient (Wildman–Crippen LogP) is 2.11. The van der Waals surface area contributed by atoms with Gasteiger partial charge in [0.15, 0.2) is 5.89 Å². The minimum Gasteiger partial charge on any atom is -0.445 e. The van der Waals surface area contributed by atoms with Crippen LogP contribution in [0.4, 0.5) is 0 Å². The molecule has 1 aromatic rings. The van der Waals surface area contributed by atoms with Gasteiger partial charge in [-0.3, -0.25) is 0 Å². The van der Waals surface area contributed by atoms with Gasteiger partial charge in [0.1, 0.15) is 11.5 Å². The van der Waals surface area contributed by atoms with E-state index in [1.165, 1.54) is 0 Å². The molecule has 0 aliphatic heterocycles. The number of fused-ring (bicyclic) bond motifs is 1. The average molecular weight is 147 g/mol. The van der Waals surface area contributed by atoms with Crippen molar-refractivity contribution in [3.63, 3.8) is 0 Å². The highest BCUT2D eigenvalue weighted by Crippen LogP contribution is 2.15. The van der Waals surface area contributed by atoms with E-state index >= 15 is 0 Å². The summed E-state index contributed by atoms with van der Waals surface area (Å²) in [6.07, 6.45) is 8.87. The highest BCUT2D eigenvalue weighted by Gasteiger charge is 2.06. The van der Waals surface area contributed by atoms with E-state index < -0.39 is 0 Å². The zero-order valence-corrected chi connectivity index (χ0v) is 6.37. The van der Waals surface area contributed by atoms with Gasteiger partial charge in [0, 0.05) is 13.3 Å². The molecule has 0 saturated carbocycles. The maximum absolute atomic E-state index is 5.37. The smallest absolute Gasteiger partial charge is 0.191 e.